The molecule has 0 aromatic carbocycles. The molecule has 9 nitrogen and oxygen atoms in total. The lowest BCUT2D eigenvalue weighted by atomic mass is 9.92. The van der Waals surface area contributed by atoms with Crippen LogP contribution in [0.15, 0.2) is 10.6 Å². The van der Waals surface area contributed by atoms with Crippen LogP contribution in [0.5, 0.6) is 0 Å². The van der Waals surface area contributed by atoms with Crippen LogP contribution in [0.1, 0.15) is 80.5 Å². The van der Waals surface area contributed by atoms with E-state index in [9.17, 15) is 13.2 Å². The molecular weight excluding hydrogens is 406 g/mol. The molecule has 10 heteroatoms. The summed E-state index contributed by atoms with van der Waals surface area (Å²) in [6.45, 7) is 2.93. The molecular formula is C20H31N5O4S. The molecule has 30 heavy (non-hydrogen) atoms. The molecule has 3 N–H and O–H groups in total. The van der Waals surface area contributed by atoms with Crippen molar-refractivity contribution in [3.8, 4) is 0 Å². The van der Waals surface area contributed by atoms with Crippen LogP contribution in [0, 0.1) is 0 Å². The maximum Gasteiger partial charge on any atom is 0.282 e. The second kappa shape index (κ2) is 7.29. The molecule has 4 heterocycles. The second-order valence-corrected chi connectivity index (χ2v) is 11.6. The summed E-state index contributed by atoms with van der Waals surface area (Å²) in [6, 6.07) is 1.56. The van der Waals surface area contributed by atoms with Crippen molar-refractivity contribution in [2.45, 2.75) is 87.9 Å². The molecule has 3 aliphatic heterocycles. The average Bonchev–Trinajstić information content (AvgIpc) is 3.34. The van der Waals surface area contributed by atoms with Gasteiger partial charge >= 0.3 is 0 Å². The van der Waals surface area contributed by atoms with Gasteiger partial charge in [0, 0.05) is 48.7 Å². The summed E-state index contributed by atoms with van der Waals surface area (Å²) in [6.07, 6.45) is 6.49. The van der Waals surface area contributed by atoms with E-state index in [-0.39, 0.29) is 29.6 Å². The minimum absolute atomic E-state index is 0.0452. The molecule has 1 aliphatic carbocycles. The molecule has 1 saturated carbocycles. The summed E-state index contributed by atoms with van der Waals surface area (Å²) >= 11 is 0. The van der Waals surface area contributed by atoms with Gasteiger partial charge in [0.2, 0.25) is 0 Å². The molecule has 3 saturated heterocycles. The van der Waals surface area contributed by atoms with E-state index in [1.807, 2.05) is 6.92 Å². The summed E-state index contributed by atoms with van der Waals surface area (Å²) < 4.78 is 35.3. The monoisotopic (exact) mass is 437 g/mol. The summed E-state index contributed by atoms with van der Waals surface area (Å²) in [5.74, 6) is 0.969. The van der Waals surface area contributed by atoms with Gasteiger partial charge in [0.15, 0.2) is 5.69 Å². The van der Waals surface area contributed by atoms with Gasteiger partial charge in [-0.2, -0.15) is 17.0 Å². The zero-order valence-electron chi connectivity index (χ0n) is 17.4. The van der Waals surface area contributed by atoms with Gasteiger partial charge in [-0.25, -0.2) is 0 Å². The lowest BCUT2D eigenvalue weighted by molar-refractivity contribution is 0.0897. The van der Waals surface area contributed by atoms with Crippen LogP contribution < -0.4 is 11.1 Å². The number of nitrogens with one attached hydrogen (secondary N) is 1. The van der Waals surface area contributed by atoms with Crippen LogP contribution >= 0.6 is 0 Å². The number of aromatic nitrogens is 1. The highest BCUT2D eigenvalue weighted by Gasteiger charge is 2.49. The summed E-state index contributed by atoms with van der Waals surface area (Å²) in [5, 5.41) is 6.97. The van der Waals surface area contributed by atoms with Gasteiger partial charge in [0.1, 0.15) is 5.76 Å². The highest BCUT2D eigenvalue weighted by Crippen LogP contribution is 2.41. The molecule has 1 amide bonds. The number of hydrogen-bond donors (Lipinski definition) is 2. The summed E-state index contributed by atoms with van der Waals surface area (Å²) in [5.41, 5.74) is 6.20. The molecule has 0 unspecified atom stereocenters. The molecule has 4 fully saturated rings. The number of carbonyl (C=O) groups excluding carboxylic acids is 1. The molecule has 0 spiro atoms. The summed E-state index contributed by atoms with van der Waals surface area (Å²) in [7, 11) is -3.50. The van der Waals surface area contributed by atoms with Gasteiger partial charge < -0.3 is 15.6 Å². The number of piperidine rings is 2. The first kappa shape index (κ1) is 20.4. The number of carbonyl (C=O) groups is 1. The first-order valence-corrected chi connectivity index (χ1v) is 12.5. The van der Waals surface area contributed by atoms with Crippen LogP contribution in [0.4, 0.5) is 0 Å². The zero-order chi connectivity index (χ0) is 21.1. The highest BCUT2D eigenvalue weighted by atomic mass is 32.2. The first-order valence-electron chi connectivity index (χ1n) is 11.1. The third-order valence-corrected chi connectivity index (χ3v) is 9.35. The normalized spacial score (nSPS) is 32.3. The number of amides is 1. The Morgan fingerprint density at radius 3 is 2.43 bits per heavy atom. The predicted octanol–water partition coefficient (Wildman–Crippen LogP) is 1.34. The maximum absolute atomic E-state index is 13.3. The van der Waals surface area contributed by atoms with Crippen molar-refractivity contribution in [3.05, 3.63) is 17.5 Å². The number of hydrogen-bond acceptors (Lipinski definition) is 6. The molecule has 4 aliphatic rings. The smallest absolute Gasteiger partial charge is 0.282 e. The fourth-order valence-corrected chi connectivity index (χ4v) is 7.25. The van der Waals surface area contributed by atoms with Gasteiger partial charge in [-0.3, -0.25) is 4.79 Å². The molecule has 166 valence electrons. The van der Waals surface area contributed by atoms with Crippen molar-refractivity contribution in [2.75, 3.05) is 13.1 Å². The SMILES string of the molecule is CC1(N)CCN(S(=O)(=O)N2[C@@H]3CC[C@H]2C[C@@H](NC(=O)c2cc(C4CC4)on2)C3)CC1. The van der Waals surface area contributed by atoms with E-state index in [2.05, 4.69) is 10.5 Å². The lowest BCUT2D eigenvalue weighted by Crippen LogP contribution is -2.58. The Hall–Kier alpha value is -1.49. The van der Waals surface area contributed by atoms with Gasteiger partial charge in [0.05, 0.1) is 0 Å². The molecule has 2 bridgehead atoms. The Bertz CT molecular complexity index is 901. The number of rotatable bonds is 5. The van der Waals surface area contributed by atoms with Crippen molar-refractivity contribution < 1.29 is 17.7 Å². The topological polar surface area (TPSA) is 122 Å². The standard InChI is InChI=1S/C20H31N5O4S/c1-20(21)6-8-24(9-7-20)30(27,28)25-15-4-5-16(25)11-14(10-15)22-19(26)17-12-18(29-23-17)13-2-3-13/h12-16H,2-11,21H2,1H3,(H,22,26)/t14-,15+,16-. The third kappa shape index (κ3) is 3.79. The Balaban J connectivity index is 1.23. The van der Waals surface area contributed by atoms with E-state index < -0.39 is 10.2 Å². The predicted molar refractivity (Wildman–Crippen MR) is 110 cm³/mol. The number of nitrogens with two attached hydrogens (primary N) is 1. The van der Waals surface area contributed by atoms with E-state index in [1.165, 1.54) is 0 Å². The molecule has 1 aromatic heterocycles. The molecule has 0 radical (unpaired) electrons. The van der Waals surface area contributed by atoms with E-state index in [1.54, 1.807) is 14.7 Å². The van der Waals surface area contributed by atoms with E-state index in [4.69, 9.17) is 10.3 Å². The lowest BCUT2D eigenvalue weighted by Gasteiger charge is -2.43. The second-order valence-electron chi connectivity index (χ2n) is 9.81. The Labute approximate surface area is 177 Å². The van der Waals surface area contributed by atoms with Gasteiger partial charge in [-0.1, -0.05) is 5.16 Å². The Morgan fingerprint density at radius 2 is 1.83 bits per heavy atom. The third-order valence-electron chi connectivity index (χ3n) is 7.20. The summed E-state index contributed by atoms with van der Waals surface area (Å²) in [4.78, 5) is 12.6. The fourth-order valence-electron chi connectivity index (χ4n) is 5.21. The average molecular weight is 438 g/mol. The van der Waals surface area contributed by atoms with E-state index >= 15 is 0 Å². The van der Waals surface area contributed by atoms with Crippen molar-refractivity contribution in [1.29, 1.82) is 0 Å². The Morgan fingerprint density at radius 1 is 1.20 bits per heavy atom. The van der Waals surface area contributed by atoms with Crippen LogP contribution in [-0.2, 0) is 10.2 Å². The minimum atomic E-state index is -3.50. The van der Waals surface area contributed by atoms with Crippen molar-refractivity contribution >= 4 is 16.1 Å². The van der Waals surface area contributed by atoms with Gasteiger partial charge in [0.25, 0.3) is 16.1 Å². The largest absolute Gasteiger partial charge is 0.360 e. The van der Waals surface area contributed by atoms with E-state index in [0.717, 1.165) is 31.4 Å². The minimum Gasteiger partial charge on any atom is -0.360 e. The van der Waals surface area contributed by atoms with Crippen LogP contribution in [0.3, 0.4) is 0 Å². The zero-order valence-corrected chi connectivity index (χ0v) is 18.2. The van der Waals surface area contributed by atoms with Crippen LogP contribution in [-0.4, -0.2) is 64.8 Å². The van der Waals surface area contributed by atoms with E-state index in [0.29, 0.717) is 50.4 Å². The molecule has 1 aromatic rings. The van der Waals surface area contributed by atoms with Crippen LogP contribution in [0.2, 0.25) is 0 Å². The Kier molecular flexibility index (Phi) is 4.96. The fraction of sp³-hybridized carbons (Fsp3) is 0.800. The quantitative estimate of drug-likeness (QED) is 0.717. The van der Waals surface area contributed by atoms with Crippen molar-refractivity contribution in [1.82, 2.24) is 19.1 Å². The highest BCUT2D eigenvalue weighted by molar-refractivity contribution is 7.86. The van der Waals surface area contributed by atoms with Gasteiger partial charge in [-0.15, -0.1) is 0 Å². The molecule has 5 rings (SSSR count). The van der Waals surface area contributed by atoms with Crippen LogP contribution in [0.25, 0.3) is 0 Å². The number of fused-ring (bicyclic) bond motifs is 2. The molecule has 3 atom stereocenters. The number of nitrogens with zero attached hydrogens (tertiary/aromatic N) is 3. The van der Waals surface area contributed by atoms with Crippen molar-refractivity contribution in [3.63, 3.8) is 0 Å². The maximum atomic E-state index is 13.3. The first-order chi connectivity index (χ1) is 14.2. The van der Waals surface area contributed by atoms with Crippen molar-refractivity contribution in [2.24, 2.45) is 5.73 Å². The van der Waals surface area contributed by atoms with Gasteiger partial charge in [-0.05, 0) is 58.3 Å².